The van der Waals surface area contributed by atoms with Crippen molar-refractivity contribution in [1.82, 2.24) is 15.1 Å². The summed E-state index contributed by atoms with van der Waals surface area (Å²) in [6, 6.07) is 0.859. The van der Waals surface area contributed by atoms with E-state index in [1.54, 1.807) is 7.11 Å². The lowest BCUT2D eigenvalue weighted by molar-refractivity contribution is 0.252. The molecule has 1 aromatic heterocycles. The first-order valence-corrected chi connectivity index (χ1v) is 8.15. The predicted octanol–water partition coefficient (Wildman–Crippen LogP) is 3.82. The van der Waals surface area contributed by atoms with E-state index in [0.29, 0.717) is 12.1 Å². The number of aromatic nitrogens is 2. The molecule has 0 spiro atoms. The number of nitrogens with zero attached hydrogens (tertiary/aromatic N) is 2. The lowest BCUT2D eigenvalue weighted by atomic mass is 9.83. The normalized spacial score (nSPS) is 13.7. The van der Waals surface area contributed by atoms with E-state index in [0.717, 1.165) is 25.1 Å². The summed E-state index contributed by atoms with van der Waals surface area (Å²) in [5, 5.41) is 8.15. The topological polar surface area (TPSA) is 39.1 Å². The fraction of sp³-hybridized carbons (Fsp3) is 0.824. The summed E-state index contributed by atoms with van der Waals surface area (Å²) in [6.45, 7) is 14.5. The third-order valence-electron chi connectivity index (χ3n) is 3.93. The van der Waals surface area contributed by atoms with Gasteiger partial charge in [0.05, 0.1) is 19.0 Å². The zero-order valence-electron chi connectivity index (χ0n) is 14.9. The molecule has 1 rings (SSSR count). The zero-order valence-corrected chi connectivity index (χ0v) is 14.9. The van der Waals surface area contributed by atoms with Crippen molar-refractivity contribution in [2.45, 2.75) is 72.9 Å². The molecule has 1 atom stereocenters. The van der Waals surface area contributed by atoms with Gasteiger partial charge in [-0.05, 0) is 45.1 Å². The van der Waals surface area contributed by atoms with Crippen LogP contribution in [0.4, 0.5) is 0 Å². The standard InChI is InChI=1S/C17H33N3O/c1-8-11-18-16(17(4,5)6)10-9-14-15(21-7)12-19-20(14)13(2)3/h12-13,16,18H,8-11H2,1-7H3. The van der Waals surface area contributed by atoms with Crippen LogP contribution in [0.3, 0.4) is 0 Å². The van der Waals surface area contributed by atoms with E-state index in [4.69, 9.17) is 4.74 Å². The van der Waals surface area contributed by atoms with E-state index in [9.17, 15) is 0 Å². The highest BCUT2D eigenvalue weighted by Crippen LogP contribution is 2.27. The molecule has 21 heavy (non-hydrogen) atoms. The first kappa shape index (κ1) is 18.0. The van der Waals surface area contributed by atoms with E-state index in [1.165, 1.54) is 12.1 Å². The van der Waals surface area contributed by atoms with Gasteiger partial charge in [-0.25, -0.2) is 0 Å². The molecule has 1 aromatic rings. The molecule has 0 saturated heterocycles. The van der Waals surface area contributed by atoms with Gasteiger partial charge in [0.2, 0.25) is 0 Å². The van der Waals surface area contributed by atoms with Gasteiger partial charge in [0.1, 0.15) is 0 Å². The Balaban J connectivity index is 2.82. The molecule has 122 valence electrons. The van der Waals surface area contributed by atoms with Crippen molar-refractivity contribution in [3.05, 3.63) is 11.9 Å². The van der Waals surface area contributed by atoms with Crippen LogP contribution in [-0.2, 0) is 6.42 Å². The lowest BCUT2D eigenvalue weighted by Gasteiger charge is -2.32. The molecule has 0 saturated carbocycles. The molecule has 4 nitrogen and oxygen atoms in total. The van der Waals surface area contributed by atoms with Crippen LogP contribution < -0.4 is 10.1 Å². The molecule has 0 aromatic carbocycles. The van der Waals surface area contributed by atoms with Gasteiger partial charge < -0.3 is 10.1 Å². The second kappa shape index (κ2) is 7.83. The third-order valence-corrected chi connectivity index (χ3v) is 3.93. The summed E-state index contributed by atoms with van der Waals surface area (Å²) in [6.07, 6.45) is 5.08. The highest BCUT2D eigenvalue weighted by Gasteiger charge is 2.25. The van der Waals surface area contributed by atoms with Crippen LogP contribution in [0, 0.1) is 5.41 Å². The molecule has 4 heteroatoms. The van der Waals surface area contributed by atoms with E-state index < -0.39 is 0 Å². The maximum absolute atomic E-state index is 5.47. The number of hydrogen-bond acceptors (Lipinski definition) is 3. The van der Waals surface area contributed by atoms with E-state index in [1.807, 2.05) is 6.20 Å². The van der Waals surface area contributed by atoms with E-state index >= 15 is 0 Å². The lowest BCUT2D eigenvalue weighted by Crippen LogP contribution is -2.41. The maximum Gasteiger partial charge on any atom is 0.159 e. The highest BCUT2D eigenvalue weighted by molar-refractivity contribution is 5.25. The summed E-state index contributed by atoms with van der Waals surface area (Å²) < 4.78 is 7.55. The van der Waals surface area contributed by atoms with Gasteiger partial charge in [0, 0.05) is 12.1 Å². The van der Waals surface area contributed by atoms with Crippen LogP contribution in [0.15, 0.2) is 6.20 Å². The number of ether oxygens (including phenoxy) is 1. The Morgan fingerprint density at radius 2 is 2.00 bits per heavy atom. The van der Waals surface area contributed by atoms with Crippen LogP contribution >= 0.6 is 0 Å². The second-order valence-corrected chi connectivity index (χ2v) is 7.11. The van der Waals surface area contributed by atoms with E-state index in [2.05, 4.69) is 56.6 Å². The van der Waals surface area contributed by atoms with Gasteiger partial charge in [-0.1, -0.05) is 27.7 Å². The SMILES string of the molecule is CCCNC(CCc1c(OC)cnn1C(C)C)C(C)(C)C. The Morgan fingerprint density at radius 1 is 1.33 bits per heavy atom. The molecule has 0 fully saturated rings. The van der Waals surface area contributed by atoms with Gasteiger partial charge in [-0.15, -0.1) is 0 Å². The van der Waals surface area contributed by atoms with E-state index in [-0.39, 0.29) is 5.41 Å². The minimum Gasteiger partial charge on any atom is -0.493 e. The Hall–Kier alpha value is -1.03. The summed E-state index contributed by atoms with van der Waals surface area (Å²) in [5.74, 6) is 0.909. The monoisotopic (exact) mass is 295 g/mol. The van der Waals surface area contributed by atoms with Crippen molar-refractivity contribution in [1.29, 1.82) is 0 Å². The number of methoxy groups -OCH3 is 1. The van der Waals surface area contributed by atoms with Gasteiger partial charge in [-0.2, -0.15) is 5.10 Å². The number of hydrogen-bond donors (Lipinski definition) is 1. The summed E-state index contributed by atoms with van der Waals surface area (Å²) in [4.78, 5) is 0. The van der Waals surface area contributed by atoms with Gasteiger partial charge in [0.25, 0.3) is 0 Å². The fourth-order valence-corrected chi connectivity index (χ4v) is 2.67. The first-order chi connectivity index (χ1) is 9.81. The van der Waals surface area contributed by atoms with Gasteiger partial charge in [0.15, 0.2) is 5.75 Å². The average Bonchev–Trinajstić information content (AvgIpc) is 2.80. The van der Waals surface area contributed by atoms with Crippen molar-refractivity contribution in [3.63, 3.8) is 0 Å². The van der Waals surface area contributed by atoms with Crippen LogP contribution in [0.5, 0.6) is 5.75 Å². The molecule has 1 unspecified atom stereocenters. The van der Waals surface area contributed by atoms with Crippen molar-refractivity contribution in [2.75, 3.05) is 13.7 Å². The Morgan fingerprint density at radius 3 is 2.48 bits per heavy atom. The second-order valence-electron chi connectivity index (χ2n) is 7.11. The Labute approximate surface area is 130 Å². The molecule has 0 aliphatic carbocycles. The average molecular weight is 295 g/mol. The van der Waals surface area contributed by atoms with Crippen LogP contribution in [0.25, 0.3) is 0 Å². The maximum atomic E-state index is 5.47. The van der Waals surface area contributed by atoms with Crippen molar-refractivity contribution >= 4 is 0 Å². The molecular weight excluding hydrogens is 262 g/mol. The first-order valence-electron chi connectivity index (χ1n) is 8.15. The smallest absolute Gasteiger partial charge is 0.159 e. The van der Waals surface area contributed by atoms with Crippen LogP contribution in [-0.4, -0.2) is 29.5 Å². The molecular formula is C17H33N3O. The van der Waals surface area contributed by atoms with Gasteiger partial charge >= 0.3 is 0 Å². The molecule has 0 aliphatic heterocycles. The zero-order chi connectivity index (χ0) is 16.0. The highest BCUT2D eigenvalue weighted by atomic mass is 16.5. The Kier molecular flexibility index (Phi) is 6.72. The molecule has 1 heterocycles. The molecule has 0 radical (unpaired) electrons. The minimum atomic E-state index is 0.255. The minimum absolute atomic E-state index is 0.255. The predicted molar refractivity (Wildman–Crippen MR) is 89.0 cm³/mol. The number of rotatable bonds is 8. The van der Waals surface area contributed by atoms with Crippen molar-refractivity contribution < 1.29 is 4.74 Å². The summed E-state index contributed by atoms with van der Waals surface area (Å²) in [5.41, 5.74) is 1.46. The molecule has 1 N–H and O–H groups in total. The fourth-order valence-electron chi connectivity index (χ4n) is 2.67. The van der Waals surface area contributed by atoms with Gasteiger partial charge in [-0.3, -0.25) is 4.68 Å². The molecule has 0 amide bonds. The largest absolute Gasteiger partial charge is 0.493 e. The summed E-state index contributed by atoms with van der Waals surface area (Å²) >= 11 is 0. The van der Waals surface area contributed by atoms with Crippen molar-refractivity contribution in [3.8, 4) is 5.75 Å². The number of nitrogens with one attached hydrogen (secondary N) is 1. The molecule has 0 aliphatic rings. The summed E-state index contributed by atoms with van der Waals surface area (Å²) in [7, 11) is 1.72. The Bertz CT molecular complexity index is 418. The quantitative estimate of drug-likeness (QED) is 0.792. The molecule has 0 bridgehead atoms. The van der Waals surface area contributed by atoms with Crippen LogP contribution in [0.2, 0.25) is 0 Å². The van der Waals surface area contributed by atoms with Crippen LogP contribution in [0.1, 0.15) is 66.1 Å². The third kappa shape index (κ3) is 5.03. The van der Waals surface area contributed by atoms with Crippen molar-refractivity contribution in [2.24, 2.45) is 5.41 Å².